The molecule has 2 aromatic carbocycles. The third-order valence-corrected chi connectivity index (χ3v) is 4.10. The first-order valence-electron chi connectivity index (χ1n) is 6.21. The van der Waals surface area contributed by atoms with Crippen LogP contribution >= 0.6 is 15.9 Å². The molecular weight excluding hydrogens is 320 g/mol. The average Bonchev–Trinajstić information content (AvgIpc) is 2.76. The number of aryl methyl sites for hydroxylation is 1. The molecule has 0 aliphatic carbocycles. The minimum Gasteiger partial charge on any atom is -0.384 e. The van der Waals surface area contributed by atoms with Crippen molar-refractivity contribution in [3.63, 3.8) is 0 Å². The normalized spacial score (nSPS) is 12.8. The Balaban J connectivity index is 2.16. The average molecular weight is 333 g/mol. The first-order chi connectivity index (χ1) is 9.56. The molecule has 0 aliphatic heterocycles. The van der Waals surface area contributed by atoms with E-state index in [1.165, 1.54) is 0 Å². The number of rotatable bonds is 2. The number of hydrogen-bond donors (Lipinski definition) is 3. The summed E-state index contributed by atoms with van der Waals surface area (Å²) in [6, 6.07) is 11.3. The van der Waals surface area contributed by atoms with Crippen LogP contribution in [0, 0.1) is 6.92 Å². The van der Waals surface area contributed by atoms with Gasteiger partial charge in [0.2, 0.25) is 0 Å². The Labute approximate surface area is 123 Å². The summed E-state index contributed by atoms with van der Waals surface area (Å²) in [6.07, 6.45) is -0.742. The maximum atomic E-state index is 11.3. The molecule has 0 fully saturated rings. The predicted octanol–water partition coefficient (Wildman–Crippen LogP) is 3.01. The zero-order chi connectivity index (χ0) is 14.3. The number of benzene rings is 2. The summed E-state index contributed by atoms with van der Waals surface area (Å²) in [5, 5.41) is 10.6. The van der Waals surface area contributed by atoms with Gasteiger partial charge in [0.25, 0.3) is 0 Å². The van der Waals surface area contributed by atoms with Crippen LogP contribution in [0.3, 0.4) is 0 Å². The zero-order valence-electron chi connectivity index (χ0n) is 10.8. The minimum absolute atomic E-state index is 0.255. The standard InChI is InChI=1S/C15H13BrN2O2/c1-8-4-2-3-5-9(8)14(19)10-6-12-13(7-11(10)16)18-15(20)17-12/h2-7,14,19H,1H3,(H2,17,18,20). The van der Waals surface area contributed by atoms with Gasteiger partial charge in [0.1, 0.15) is 6.10 Å². The van der Waals surface area contributed by atoms with E-state index >= 15 is 0 Å². The largest absolute Gasteiger partial charge is 0.384 e. The highest BCUT2D eigenvalue weighted by Crippen LogP contribution is 2.32. The Morgan fingerprint density at radius 2 is 1.75 bits per heavy atom. The van der Waals surface area contributed by atoms with Crippen molar-refractivity contribution in [3.8, 4) is 0 Å². The fourth-order valence-electron chi connectivity index (χ4n) is 2.34. The number of aliphatic hydroxyl groups is 1. The number of aliphatic hydroxyl groups excluding tert-OH is 1. The second-order valence-corrected chi connectivity index (χ2v) is 5.61. The Kier molecular flexibility index (Phi) is 3.23. The predicted molar refractivity (Wildman–Crippen MR) is 81.9 cm³/mol. The molecule has 0 saturated heterocycles. The molecule has 0 radical (unpaired) electrons. The van der Waals surface area contributed by atoms with Gasteiger partial charge in [0.05, 0.1) is 11.0 Å². The van der Waals surface area contributed by atoms with E-state index in [1.807, 2.05) is 31.2 Å². The van der Waals surface area contributed by atoms with Crippen LogP contribution in [0.5, 0.6) is 0 Å². The van der Waals surface area contributed by atoms with Crippen molar-refractivity contribution in [1.82, 2.24) is 9.97 Å². The van der Waals surface area contributed by atoms with E-state index in [2.05, 4.69) is 25.9 Å². The summed E-state index contributed by atoms with van der Waals surface area (Å²) in [5.74, 6) is 0. The molecule has 1 atom stereocenters. The topological polar surface area (TPSA) is 68.9 Å². The van der Waals surface area contributed by atoms with Gasteiger partial charge in [-0.25, -0.2) is 4.79 Å². The SMILES string of the molecule is Cc1ccccc1C(O)c1cc2[nH]c(=O)[nH]c2cc1Br. The number of aromatic nitrogens is 2. The van der Waals surface area contributed by atoms with Gasteiger partial charge in [-0.1, -0.05) is 40.2 Å². The Morgan fingerprint density at radius 3 is 2.45 bits per heavy atom. The van der Waals surface area contributed by atoms with E-state index in [4.69, 9.17) is 0 Å². The Hall–Kier alpha value is -1.85. The number of imidazole rings is 1. The Bertz CT molecular complexity index is 835. The highest BCUT2D eigenvalue weighted by molar-refractivity contribution is 9.10. The number of nitrogens with one attached hydrogen (secondary N) is 2. The van der Waals surface area contributed by atoms with Crippen molar-refractivity contribution in [2.75, 3.05) is 0 Å². The van der Waals surface area contributed by atoms with Crippen molar-refractivity contribution >= 4 is 27.0 Å². The van der Waals surface area contributed by atoms with Gasteiger partial charge in [-0.05, 0) is 30.2 Å². The molecule has 3 aromatic rings. The summed E-state index contributed by atoms with van der Waals surface area (Å²) in [5.41, 5.74) is 3.74. The smallest absolute Gasteiger partial charge is 0.323 e. The summed E-state index contributed by atoms with van der Waals surface area (Å²) in [4.78, 5) is 16.7. The highest BCUT2D eigenvalue weighted by Gasteiger charge is 2.17. The number of H-pyrrole nitrogens is 2. The maximum Gasteiger partial charge on any atom is 0.323 e. The number of aromatic amines is 2. The van der Waals surface area contributed by atoms with Gasteiger partial charge in [-0.3, -0.25) is 0 Å². The molecule has 3 N–H and O–H groups in total. The molecule has 20 heavy (non-hydrogen) atoms. The van der Waals surface area contributed by atoms with Crippen LogP contribution in [0.25, 0.3) is 11.0 Å². The van der Waals surface area contributed by atoms with Gasteiger partial charge < -0.3 is 15.1 Å². The molecule has 3 rings (SSSR count). The first-order valence-corrected chi connectivity index (χ1v) is 7.00. The third-order valence-electron chi connectivity index (χ3n) is 3.41. The van der Waals surface area contributed by atoms with Crippen LogP contribution in [0.1, 0.15) is 22.8 Å². The van der Waals surface area contributed by atoms with E-state index in [1.54, 1.807) is 12.1 Å². The van der Waals surface area contributed by atoms with E-state index in [9.17, 15) is 9.90 Å². The minimum atomic E-state index is -0.742. The second-order valence-electron chi connectivity index (χ2n) is 4.76. The van der Waals surface area contributed by atoms with Gasteiger partial charge in [0.15, 0.2) is 0 Å². The third kappa shape index (κ3) is 2.19. The van der Waals surface area contributed by atoms with Gasteiger partial charge >= 0.3 is 5.69 Å². The monoisotopic (exact) mass is 332 g/mol. The lowest BCUT2D eigenvalue weighted by Gasteiger charge is -2.15. The molecule has 102 valence electrons. The van der Waals surface area contributed by atoms with Crippen LogP contribution < -0.4 is 5.69 Å². The summed E-state index contributed by atoms with van der Waals surface area (Å²) in [7, 11) is 0. The summed E-state index contributed by atoms with van der Waals surface area (Å²) < 4.78 is 0.760. The van der Waals surface area contributed by atoms with Crippen LogP contribution in [-0.2, 0) is 0 Å². The fourth-order valence-corrected chi connectivity index (χ4v) is 2.90. The molecule has 1 heterocycles. The van der Waals surface area contributed by atoms with Crippen LogP contribution in [0.15, 0.2) is 45.7 Å². The number of halogens is 1. The van der Waals surface area contributed by atoms with Gasteiger partial charge in [-0.15, -0.1) is 0 Å². The van der Waals surface area contributed by atoms with Crippen LogP contribution in [0.2, 0.25) is 0 Å². The van der Waals surface area contributed by atoms with Crippen molar-refractivity contribution in [1.29, 1.82) is 0 Å². The van der Waals surface area contributed by atoms with E-state index in [-0.39, 0.29) is 5.69 Å². The van der Waals surface area contributed by atoms with Crippen LogP contribution in [0.4, 0.5) is 0 Å². The molecule has 0 saturated carbocycles. The van der Waals surface area contributed by atoms with Gasteiger partial charge in [-0.2, -0.15) is 0 Å². The highest BCUT2D eigenvalue weighted by atomic mass is 79.9. The van der Waals surface area contributed by atoms with E-state index < -0.39 is 6.10 Å². The molecule has 0 bridgehead atoms. The lowest BCUT2D eigenvalue weighted by molar-refractivity contribution is 0.219. The summed E-state index contributed by atoms with van der Waals surface area (Å²) >= 11 is 3.45. The lowest BCUT2D eigenvalue weighted by atomic mass is 9.97. The molecule has 4 nitrogen and oxygen atoms in total. The quantitative estimate of drug-likeness (QED) is 0.675. The molecule has 0 spiro atoms. The zero-order valence-corrected chi connectivity index (χ0v) is 12.4. The molecule has 5 heteroatoms. The molecule has 0 aliphatic rings. The molecule has 1 unspecified atom stereocenters. The number of hydrogen-bond acceptors (Lipinski definition) is 2. The van der Waals surface area contributed by atoms with E-state index in [0.29, 0.717) is 11.0 Å². The molecule has 0 amide bonds. The number of fused-ring (bicyclic) bond motifs is 1. The Morgan fingerprint density at radius 1 is 1.10 bits per heavy atom. The first kappa shape index (κ1) is 13.1. The van der Waals surface area contributed by atoms with Crippen molar-refractivity contribution in [2.24, 2.45) is 0 Å². The van der Waals surface area contributed by atoms with Crippen molar-refractivity contribution in [3.05, 3.63) is 68.0 Å². The molecular formula is C15H13BrN2O2. The second kappa shape index (κ2) is 4.92. The van der Waals surface area contributed by atoms with Gasteiger partial charge in [0, 0.05) is 10.0 Å². The van der Waals surface area contributed by atoms with E-state index in [0.717, 1.165) is 21.2 Å². The summed E-state index contributed by atoms with van der Waals surface area (Å²) in [6.45, 7) is 1.96. The van der Waals surface area contributed by atoms with Crippen LogP contribution in [-0.4, -0.2) is 15.1 Å². The fraction of sp³-hybridized carbons (Fsp3) is 0.133. The van der Waals surface area contributed by atoms with Crippen molar-refractivity contribution in [2.45, 2.75) is 13.0 Å². The van der Waals surface area contributed by atoms with Crippen molar-refractivity contribution < 1.29 is 5.11 Å². The lowest BCUT2D eigenvalue weighted by Crippen LogP contribution is -2.03. The maximum absolute atomic E-state index is 11.3. The molecule has 1 aromatic heterocycles.